The fraction of sp³-hybridized carbons (Fsp3) is 0.412. The molecular weight excluding hydrogens is 403 g/mol. The minimum Gasteiger partial charge on any atom is -0.444 e. The van der Waals surface area contributed by atoms with Crippen LogP contribution in [-0.4, -0.2) is 24.0 Å². The fourth-order valence-corrected chi connectivity index (χ4v) is 1.98. The van der Waals surface area contributed by atoms with E-state index >= 15 is 0 Å². The Bertz CT molecular complexity index is 607. The largest absolute Gasteiger partial charge is 0.444 e. The van der Waals surface area contributed by atoms with Gasteiger partial charge in [-0.2, -0.15) is 0 Å². The van der Waals surface area contributed by atoms with Gasteiger partial charge in [-0.15, -0.1) is 24.0 Å². The number of rotatable bonds is 7. The molecule has 0 saturated heterocycles. The molecule has 0 aliphatic heterocycles. The molecule has 126 valence electrons. The van der Waals surface area contributed by atoms with Crippen LogP contribution in [0.25, 0.3) is 11.5 Å². The van der Waals surface area contributed by atoms with E-state index in [-0.39, 0.29) is 24.0 Å². The summed E-state index contributed by atoms with van der Waals surface area (Å²) in [6.45, 7) is 5.66. The summed E-state index contributed by atoms with van der Waals surface area (Å²) in [5, 5.41) is 3.09. The number of aryl methyl sites for hydroxylation is 1. The van der Waals surface area contributed by atoms with Crippen LogP contribution >= 0.6 is 24.0 Å². The maximum Gasteiger partial charge on any atom is 0.226 e. The highest BCUT2D eigenvalue weighted by Crippen LogP contribution is 2.19. The Morgan fingerprint density at radius 3 is 2.74 bits per heavy atom. The molecule has 0 aliphatic carbocycles. The summed E-state index contributed by atoms with van der Waals surface area (Å²) in [6, 6.07) is 8.13. The summed E-state index contributed by atoms with van der Waals surface area (Å²) in [5.41, 5.74) is 8.90. The third-order valence-corrected chi connectivity index (χ3v) is 3.33. The zero-order chi connectivity index (χ0) is 15.8. The van der Waals surface area contributed by atoms with Crippen molar-refractivity contribution in [1.82, 2.24) is 10.3 Å². The summed E-state index contributed by atoms with van der Waals surface area (Å²) < 4.78 is 5.53. The molecule has 2 rings (SSSR count). The predicted octanol–water partition coefficient (Wildman–Crippen LogP) is 3.51. The molecule has 1 aromatic carbocycles. The molecule has 1 aromatic heterocycles. The quantitative estimate of drug-likeness (QED) is 0.306. The van der Waals surface area contributed by atoms with E-state index < -0.39 is 0 Å². The molecule has 6 heteroatoms. The van der Waals surface area contributed by atoms with Crippen LogP contribution in [0.2, 0.25) is 0 Å². The number of aliphatic imine (C=N–C) groups is 1. The summed E-state index contributed by atoms with van der Waals surface area (Å²) in [6.07, 6.45) is 4.63. The zero-order valence-corrected chi connectivity index (χ0v) is 16.0. The van der Waals surface area contributed by atoms with Crippen molar-refractivity contribution < 1.29 is 4.42 Å². The Hall–Kier alpha value is -1.57. The maximum atomic E-state index is 5.78. The van der Waals surface area contributed by atoms with Crippen LogP contribution in [0, 0.1) is 6.92 Å². The van der Waals surface area contributed by atoms with E-state index in [0.29, 0.717) is 18.4 Å². The average Bonchev–Trinajstić information content (AvgIpc) is 2.97. The first-order valence-electron chi connectivity index (χ1n) is 7.74. The number of aromatic nitrogens is 1. The Kier molecular flexibility index (Phi) is 8.68. The number of nitrogens with zero attached hydrogens (tertiary/aromatic N) is 2. The van der Waals surface area contributed by atoms with Crippen LogP contribution in [0.15, 0.2) is 39.9 Å². The summed E-state index contributed by atoms with van der Waals surface area (Å²) in [4.78, 5) is 8.74. The van der Waals surface area contributed by atoms with Crippen molar-refractivity contribution >= 4 is 29.9 Å². The first kappa shape index (κ1) is 19.5. The lowest BCUT2D eigenvalue weighted by Crippen LogP contribution is -2.33. The first-order chi connectivity index (χ1) is 10.7. The molecule has 0 unspecified atom stereocenters. The van der Waals surface area contributed by atoms with Gasteiger partial charge in [0.25, 0.3) is 0 Å². The lowest BCUT2D eigenvalue weighted by atomic mass is 10.1. The fourth-order valence-electron chi connectivity index (χ4n) is 1.98. The number of oxazole rings is 1. The number of hydrogen-bond donors (Lipinski definition) is 2. The summed E-state index contributed by atoms with van der Waals surface area (Å²) >= 11 is 0. The van der Waals surface area contributed by atoms with Gasteiger partial charge >= 0.3 is 0 Å². The topological polar surface area (TPSA) is 76.4 Å². The normalized spacial score (nSPS) is 11.1. The number of benzene rings is 1. The van der Waals surface area contributed by atoms with E-state index in [1.807, 2.05) is 24.3 Å². The number of halogens is 1. The average molecular weight is 428 g/mol. The van der Waals surface area contributed by atoms with Crippen LogP contribution in [0.3, 0.4) is 0 Å². The highest BCUT2D eigenvalue weighted by atomic mass is 127. The van der Waals surface area contributed by atoms with Gasteiger partial charge in [0.1, 0.15) is 6.26 Å². The van der Waals surface area contributed by atoms with Gasteiger partial charge in [-0.25, -0.2) is 4.98 Å². The number of guanidine groups is 1. The summed E-state index contributed by atoms with van der Waals surface area (Å²) in [7, 11) is 0. The van der Waals surface area contributed by atoms with E-state index in [1.165, 1.54) is 5.56 Å². The van der Waals surface area contributed by atoms with Crippen molar-refractivity contribution in [3.05, 3.63) is 41.8 Å². The number of unbranched alkanes of at least 4 members (excludes halogenated alkanes) is 1. The van der Waals surface area contributed by atoms with Gasteiger partial charge < -0.3 is 15.5 Å². The van der Waals surface area contributed by atoms with Crippen molar-refractivity contribution in [2.75, 3.05) is 13.1 Å². The molecule has 0 fully saturated rings. The number of nitrogens with one attached hydrogen (secondary N) is 1. The number of hydrogen-bond acceptors (Lipinski definition) is 3. The first-order valence-corrected chi connectivity index (χ1v) is 7.74. The van der Waals surface area contributed by atoms with Crippen LogP contribution in [0.4, 0.5) is 0 Å². The van der Waals surface area contributed by atoms with Crippen molar-refractivity contribution in [3.8, 4) is 11.5 Å². The van der Waals surface area contributed by atoms with Gasteiger partial charge in [-0.3, -0.25) is 4.99 Å². The second-order valence-electron chi connectivity index (χ2n) is 5.31. The smallest absolute Gasteiger partial charge is 0.226 e. The minimum atomic E-state index is 0. The lowest BCUT2D eigenvalue weighted by molar-refractivity contribution is 0.572. The Labute approximate surface area is 154 Å². The predicted molar refractivity (Wildman–Crippen MR) is 105 cm³/mol. The van der Waals surface area contributed by atoms with Gasteiger partial charge in [0, 0.05) is 25.1 Å². The van der Waals surface area contributed by atoms with Gasteiger partial charge in [0.05, 0.1) is 5.69 Å². The molecule has 2 aromatic rings. The van der Waals surface area contributed by atoms with Gasteiger partial charge in [-0.1, -0.05) is 31.0 Å². The molecule has 1 heterocycles. The van der Waals surface area contributed by atoms with Gasteiger partial charge in [-0.05, 0) is 25.5 Å². The van der Waals surface area contributed by atoms with Gasteiger partial charge in [0.2, 0.25) is 5.89 Å². The van der Waals surface area contributed by atoms with Crippen LogP contribution in [0.1, 0.15) is 31.0 Å². The standard InChI is InChI=1S/C17H24N4O.HI/c1-3-4-10-19-17(18)20-11-9-15-12-22-16(21-15)14-7-5-13(2)6-8-14;/h5-8,12H,3-4,9-11H2,1-2H3,(H3,18,19,20);1H. The Morgan fingerprint density at radius 1 is 1.30 bits per heavy atom. The second-order valence-corrected chi connectivity index (χ2v) is 5.31. The van der Waals surface area contributed by atoms with Crippen LogP contribution < -0.4 is 11.1 Å². The Morgan fingerprint density at radius 2 is 2.04 bits per heavy atom. The third-order valence-electron chi connectivity index (χ3n) is 3.33. The third kappa shape index (κ3) is 6.60. The second kappa shape index (κ2) is 10.3. The minimum absolute atomic E-state index is 0. The SMILES string of the molecule is CCCCN=C(N)NCCc1coc(-c2ccc(C)cc2)n1.I. The van der Waals surface area contributed by atoms with E-state index in [4.69, 9.17) is 10.2 Å². The van der Waals surface area contributed by atoms with Crippen LogP contribution in [-0.2, 0) is 6.42 Å². The molecule has 0 aliphatic rings. The van der Waals surface area contributed by atoms with Crippen molar-refractivity contribution in [2.45, 2.75) is 33.1 Å². The van der Waals surface area contributed by atoms with E-state index in [9.17, 15) is 0 Å². The van der Waals surface area contributed by atoms with Crippen LogP contribution in [0.5, 0.6) is 0 Å². The van der Waals surface area contributed by atoms with Crippen molar-refractivity contribution in [3.63, 3.8) is 0 Å². The number of nitrogens with two attached hydrogens (primary N) is 1. The van der Waals surface area contributed by atoms with Crippen molar-refractivity contribution in [2.24, 2.45) is 10.7 Å². The summed E-state index contributed by atoms with van der Waals surface area (Å²) in [5.74, 6) is 1.15. The molecule has 0 amide bonds. The van der Waals surface area contributed by atoms with E-state index in [1.54, 1.807) is 6.26 Å². The highest BCUT2D eigenvalue weighted by molar-refractivity contribution is 14.0. The van der Waals surface area contributed by atoms with Crippen molar-refractivity contribution in [1.29, 1.82) is 0 Å². The molecular formula is C17H25IN4O. The lowest BCUT2D eigenvalue weighted by Gasteiger charge is -2.03. The molecule has 3 N–H and O–H groups in total. The molecule has 0 bridgehead atoms. The maximum absolute atomic E-state index is 5.78. The molecule has 0 spiro atoms. The molecule has 0 atom stereocenters. The molecule has 0 radical (unpaired) electrons. The molecule has 5 nitrogen and oxygen atoms in total. The monoisotopic (exact) mass is 428 g/mol. The zero-order valence-electron chi connectivity index (χ0n) is 13.7. The Balaban J connectivity index is 0.00000264. The molecule has 0 saturated carbocycles. The molecule has 23 heavy (non-hydrogen) atoms. The van der Waals surface area contributed by atoms with Gasteiger partial charge in [0.15, 0.2) is 5.96 Å². The van der Waals surface area contributed by atoms with E-state index in [2.05, 4.69) is 29.1 Å². The highest BCUT2D eigenvalue weighted by Gasteiger charge is 2.06. The van der Waals surface area contributed by atoms with E-state index in [0.717, 1.165) is 37.1 Å².